The molecule has 0 saturated heterocycles. The van der Waals surface area contributed by atoms with Crippen molar-refractivity contribution < 1.29 is 22.7 Å². The number of anilines is 1. The summed E-state index contributed by atoms with van der Waals surface area (Å²) >= 11 is 12.8. The van der Waals surface area contributed by atoms with E-state index in [4.69, 9.17) is 27.9 Å². The number of likely N-dealkylation sites (N-methyl/N-ethyl adjacent to an activating group) is 1. The number of methoxy groups -OCH3 is 1. The maximum Gasteiger partial charge on any atom is 0.264 e. The molecule has 1 atom stereocenters. The number of amides is 2. The quantitative estimate of drug-likeness (QED) is 0.296. The summed E-state index contributed by atoms with van der Waals surface area (Å²) in [5.74, 6) is -0.458. The van der Waals surface area contributed by atoms with Gasteiger partial charge in [0.05, 0.1) is 17.7 Å². The van der Waals surface area contributed by atoms with Crippen molar-refractivity contribution in [2.24, 2.45) is 0 Å². The lowest BCUT2D eigenvalue weighted by Crippen LogP contribution is -2.52. The van der Waals surface area contributed by atoms with E-state index < -0.39 is 28.5 Å². The molecule has 0 heterocycles. The largest absolute Gasteiger partial charge is 0.497 e. The van der Waals surface area contributed by atoms with Crippen LogP contribution < -0.4 is 14.4 Å². The maximum absolute atomic E-state index is 14.0. The summed E-state index contributed by atoms with van der Waals surface area (Å²) in [7, 11) is -2.71. The van der Waals surface area contributed by atoms with E-state index in [1.807, 2.05) is 6.92 Å². The first-order chi connectivity index (χ1) is 19.0. The number of hydrogen-bond donors (Lipinski definition) is 1. The number of nitrogens with zero attached hydrogens (tertiary/aromatic N) is 2. The zero-order valence-corrected chi connectivity index (χ0v) is 25.2. The lowest BCUT2D eigenvalue weighted by molar-refractivity contribution is -0.140. The van der Waals surface area contributed by atoms with Crippen LogP contribution in [0.4, 0.5) is 5.69 Å². The van der Waals surface area contributed by atoms with E-state index in [1.165, 1.54) is 36.3 Å². The lowest BCUT2D eigenvalue weighted by Gasteiger charge is -2.33. The molecule has 11 heteroatoms. The van der Waals surface area contributed by atoms with Gasteiger partial charge in [-0.05, 0) is 68.8 Å². The van der Waals surface area contributed by atoms with E-state index >= 15 is 0 Å². The summed E-state index contributed by atoms with van der Waals surface area (Å²) in [4.78, 5) is 28.4. The summed E-state index contributed by atoms with van der Waals surface area (Å²) in [6, 6.07) is 16.8. The van der Waals surface area contributed by atoms with Crippen molar-refractivity contribution in [3.63, 3.8) is 0 Å². The van der Waals surface area contributed by atoms with Gasteiger partial charge in [-0.2, -0.15) is 0 Å². The molecule has 0 spiro atoms. The van der Waals surface area contributed by atoms with E-state index in [1.54, 1.807) is 56.3 Å². The van der Waals surface area contributed by atoms with Gasteiger partial charge in [0, 0.05) is 28.7 Å². The van der Waals surface area contributed by atoms with Gasteiger partial charge in [-0.3, -0.25) is 13.9 Å². The minimum absolute atomic E-state index is 0.0156. The Hall–Kier alpha value is -3.27. The molecule has 3 aromatic carbocycles. The van der Waals surface area contributed by atoms with Crippen LogP contribution in [-0.2, 0) is 26.2 Å². The van der Waals surface area contributed by atoms with Crippen LogP contribution in [0.1, 0.15) is 31.4 Å². The van der Waals surface area contributed by atoms with Crippen LogP contribution in [0.5, 0.6) is 5.75 Å². The molecule has 3 rings (SSSR count). The maximum atomic E-state index is 14.0. The Morgan fingerprint density at radius 2 is 1.55 bits per heavy atom. The summed E-state index contributed by atoms with van der Waals surface area (Å²) < 4.78 is 34.0. The van der Waals surface area contributed by atoms with Crippen molar-refractivity contribution in [2.75, 3.05) is 24.5 Å². The van der Waals surface area contributed by atoms with Gasteiger partial charge in [-0.15, -0.1) is 0 Å². The molecule has 0 radical (unpaired) electrons. The van der Waals surface area contributed by atoms with E-state index in [0.29, 0.717) is 33.6 Å². The number of benzene rings is 3. The Kier molecular flexibility index (Phi) is 10.8. The van der Waals surface area contributed by atoms with Crippen molar-refractivity contribution in [3.05, 3.63) is 87.9 Å². The second-order valence-corrected chi connectivity index (χ2v) is 11.7. The van der Waals surface area contributed by atoms with Gasteiger partial charge in [0.1, 0.15) is 18.3 Å². The Labute approximate surface area is 245 Å². The van der Waals surface area contributed by atoms with Gasteiger partial charge < -0.3 is 15.0 Å². The fourth-order valence-corrected chi connectivity index (χ4v) is 6.11. The zero-order valence-electron chi connectivity index (χ0n) is 22.9. The van der Waals surface area contributed by atoms with Crippen LogP contribution in [0.3, 0.4) is 0 Å². The molecule has 8 nitrogen and oxygen atoms in total. The number of nitrogens with one attached hydrogen (secondary N) is 1. The smallest absolute Gasteiger partial charge is 0.264 e. The van der Waals surface area contributed by atoms with Gasteiger partial charge in [0.2, 0.25) is 11.8 Å². The molecule has 0 saturated carbocycles. The molecule has 1 N–H and O–H groups in total. The van der Waals surface area contributed by atoms with Gasteiger partial charge in [0.15, 0.2) is 0 Å². The lowest BCUT2D eigenvalue weighted by atomic mass is 10.1. The summed E-state index contributed by atoms with van der Waals surface area (Å²) in [6.07, 6.45) is 0.287. The highest BCUT2D eigenvalue weighted by Gasteiger charge is 2.34. The normalized spacial score (nSPS) is 11.9. The molecule has 3 aromatic rings. The highest BCUT2D eigenvalue weighted by Crippen LogP contribution is 2.29. The van der Waals surface area contributed by atoms with Crippen LogP contribution in [0.25, 0.3) is 0 Å². The number of halogens is 2. The second-order valence-electron chi connectivity index (χ2n) is 9.06. The molecule has 214 valence electrons. The average molecular weight is 607 g/mol. The number of carbonyl (C=O) groups is 2. The average Bonchev–Trinajstić information content (AvgIpc) is 2.93. The predicted molar refractivity (Wildman–Crippen MR) is 158 cm³/mol. The molecule has 0 unspecified atom stereocenters. The van der Waals surface area contributed by atoms with Gasteiger partial charge in [0.25, 0.3) is 10.0 Å². The Morgan fingerprint density at radius 3 is 2.08 bits per heavy atom. The van der Waals surface area contributed by atoms with Gasteiger partial charge in [-0.25, -0.2) is 8.42 Å². The Bertz CT molecular complexity index is 1410. The van der Waals surface area contributed by atoms with Gasteiger partial charge >= 0.3 is 0 Å². The van der Waals surface area contributed by atoms with E-state index in [2.05, 4.69) is 5.32 Å². The van der Waals surface area contributed by atoms with Gasteiger partial charge in [-0.1, -0.05) is 53.9 Å². The fourth-order valence-electron chi connectivity index (χ4n) is 4.18. The number of aryl methyl sites for hydroxylation is 1. The van der Waals surface area contributed by atoms with Crippen molar-refractivity contribution in [3.8, 4) is 5.75 Å². The third-order valence-electron chi connectivity index (χ3n) is 6.38. The third kappa shape index (κ3) is 7.27. The van der Waals surface area contributed by atoms with Crippen LogP contribution in [0, 0.1) is 6.92 Å². The number of ether oxygens (including phenoxy) is 1. The molecule has 40 heavy (non-hydrogen) atoms. The molecule has 0 aliphatic rings. The number of rotatable bonds is 12. The zero-order chi connectivity index (χ0) is 29.4. The predicted octanol–water partition coefficient (Wildman–Crippen LogP) is 5.45. The summed E-state index contributed by atoms with van der Waals surface area (Å²) in [6.45, 7) is 5.16. The topological polar surface area (TPSA) is 96.0 Å². The minimum Gasteiger partial charge on any atom is -0.497 e. The summed E-state index contributed by atoms with van der Waals surface area (Å²) in [5, 5.41) is 3.42. The molecular formula is C29H33Cl2N3O5S. The minimum atomic E-state index is -4.20. The molecule has 2 amide bonds. The van der Waals surface area contributed by atoms with E-state index in [9.17, 15) is 18.0 Å². The molecule has 0 aliphatic carbocycles. The van der Waals surface area contributed by atoms with Crippen LogP contribution >= 0.6 is 23.2 Å². The third-order valence-corrected chi connectivity index (χ3v) is 8.87. The van der Waals surface area contributed by atoms with Crippen molar-refractivity contribution in [2.45, 2.75) is 44.7 Å². The van der Waals surface area contributed by atoms with Crippen molar-refractivity contribution in [1.29, 1.82) is 0 Å². The first-order valence-electron chi connectivity index (χ1n) is 12.8. The summed E-state index contributed by atoms with van der Waals surface area (Å²) in [5.41, 5.74) is 1.69. The number of carbonyl (C=O) groups excluding carboxylic acids is 2. The van der Waals surface area contributed by atoms with Crippen LogP contribution in [-0.4, -0.2) is 51.4 Å². The number of sulfonamides is 1. The molecule has 0 aromatic heterocycles. The first kappa shape index (κ1) is 31.3. The Morgan fingerprint density at radius 1 is 0.950 bits per heavy atom. The molecule has 0 aliphatic heterocycles. The van der Waals surface area contributed by atoms with E-state index in [-0.39, 0.29) is 23.8 Å². The number of hydrogen-bond acceptors (Lipinski definition) is 5. The van der Waals surface area contributed by atoms with Crippen molar-refractivity contribution in [1.82, 2.24) is 10.2 Å². The first-order valence-corrected chi connectivity index (χ1v) is 15.0. The van der Waals surface area contributed by atoms with Crippen LogP contribution in [0.15, 0.2) is 71.6 Å². The Balaban J connectivity index is 2.09. The molecule has 0 bridgehead atoms. The molecular weight excluding hydrogens is 573 g/mol. The highest BCUT2D eigenvalue weighted by atomic mass is 35.5. The SMILES string of the molecule is CCNC(=O)[C@H](CC)N(Cc1c(Cl)cccc1Cl)C(=O)CN(c1ccc(C)cc1)S(=O)(=O)c1ccc(OC)cc1. The molecule has 0 fully saturated rings. The highest BCUT2D eigenvalue weighted by molar-refractivity contribution is 7.92. The van der Waals surface area contributed by atoms with E-state index in [0.717, 1.165) is 9.87 Å². The van der Waals surface area contributed by atoms with Crippen LogP contribution in [0.2, 0.25) is 10.0 Å². The standard InChI is InChI=1S/C29H33Cl2N3O5S/c1-5-27(29(36)32-6-2)33(18-24-25(30)8-7-9-26(24)31)28(35)19-34(21-12-10-20(3)11-13-21)40(37,38)23-16-14-22(39-4)15-17-23/h7-17,27H,5-6,18-19H2,1-4H3,(H,32,36)/t27-/m0/s1. The monoisotopic (exact) mass is 605 g/mol. The van der Waals surface area contributed by atoms with Crippen molar-refractivity contribution >= 4 is 50.7 Å². The second kappa shape index (κ2) is 13.9. The fraction of sp³-hybridized carbons (Fsp3) is 0.310.